The highest BCUT2D eigenvalue weighted by Crippen LogP contribution is 2.43. The van der Waals surface area contributed by atoms with Crippen molar-refractivity contribution < 1.29 is 37.0 Å². The number of nitriles is 1. The van der Waals surface area contributed by atoms with Crippen LogP contribution in [0.5, 0.6) is 17.2 Å². The molecule has 1 aliphatic heterocycles. The van der Waals surface area contributed by atoms with Gasteiger partial charge in [0.25, 0.3) is 11.8 Å². The van der Waals surface area contributed by atoms with Crippen LogP contribution in [0.25, 0.3) is 0 Å². The Hall–Kier alpha value is -3.42. The number of halogens is 3. The van der Waals surface area contributed by atoms with Crippen molar-refractivity contribution in [3.05, 3.63) is 30.0 Å². The number of nitrogens with one attached hydrogen (secondary N) is 2. The van der Waals surface area contributed by atoms with E-state index in [2.05, 4.69) is 6.58 Å². The fourth-order valence-electron chi connectivity index (χ4n) is 2.84. The molecule has 0 saturated carbocycles. The Morgan fingerprint density at radius 1 is 1.25 bits per heavy atom. The van der Waals surface area contributed by atoms with Gasteiger partial charge in [0, 0.05) is 11.3 Å². The molecule has 0 unspecified atom stereocenters. The summed E-state index contributed by atoms with van der Waals surface area (Å²) in [6.07, 6.45) is -5.27. The van der Waals surface area contributed by atoms with Gasteiger partial charge in [0.2, 0.25) is 11.3 Å². The molecule has 1 aromatic carbocycles. The maximum Gasteiger partial charge on any atom is 0.422 e. The van der Waals surface area contributed by atoms with Crippen LogP contribution in [0.2, 0.25) is 0 Å². The first-order valence-electron chi connectivity index (χ1n) is 7.66. The van der Waals surface area contributed by atoms with E-state index in [-0.39, 0.29) is 22.8 Å². The Morgan fingerprint density at radius 3 is 2.18 bits per heavy atom. The molecule has 28 heavy (non-hydrogen) atoms. The standard InChI is InChI=1S/C17H16F3N3O5/c1-8-10(7-21)16(15(25)22-8,17(18,19)20)23-14(24)9-5-11(26-2)13(28-4)12(6-9)27-3/h5-6,10H,1H2,2-4H3,(H,22,25)(H,23,24)/t10-,16-/m1/s1. The number of amides is 2. The van der Waals surface area contributed by atoms with Crippen LogP contribution >= 0.6 is 0 Å². The van der Waals surface area contributed by atoms with Gasteiger partial charge in [0.15, 0.2) is 11.5 Å². The third-order valence-electron chi connectivity index (χ3n) is 4.23. The number of hydrogen-bond donors (Lipinski definition) is 2. The van der Waals surface area contributed by atoms with E-state index in [1.165, 1.54) is 27.4 Å². The zero-order valence-electron chi connectivity index (χ0n) is 15.1. The maximum atomic E-state index is 13.8. The molecule has 1 fully saturated rings. The molecule has 1 saturated heterocycles. The van der Waals surface area contributed by atoms with Crippen LogP contribution in [0.1, 0.15) is 10.4 Å². The van der Waals surface area contributed by atoms with E-state index >= 15 is 0 Å². The van der Waals surface area contributed by atoms with E-state index < -0.39 is 35.1 Å². The largest absolute Gasteiger partial charge is 0.493 e. The number of carbonyl (C=O) groups is 2. The van der Waals surface area contributed by atoms with E-state index in [0.29, 0.717) is 0 Å². The summed E-state index contributed by atoms with van der Waals surface area (Å²) in [5.41, 5.74) is -4.26. The molecule has 0 spiro atoms. The lowest BCUT2D eigenvalue weighted by Gasteiger charge is -2.32. The molecule has 8 nitrogen and oxygen atoms in total. The fraction of sp³-hybridized carbons (Fsp3) is 0.353. The van der Waals surface area contributed by atoms with Crippen molar-refractivity contribution in [2.75, 3.05) is 21.3 Å². The van der Waals surface area contributed by atoms with Crippen LogP contribution in [-0.2, 0) is 4.79 Å². The van der Waals surface area contributed by atoms with E-state index in [9.17, 15) is 22.8 Å². The Balaban J connectivity index is 2.56. The molecule has 0 radical (unpaired) electrons. The average Bonchev–Trinajstić information content (AvgIpc) is 2.89. The minimum Gasteiger partial charge on any atom is -0.493 e. The molecule has 1 heterocycles. The van der Waals surface area contributed by atoms with Crippen LogP contribution < -0.4 is 24.8 Å². The number of hydrogen-bond acceptors (Lipinski definition) is 6. The van der Waals surface area contributed by atoms with Crippen LogP contribution in [-0.4, -0.2) is 44.9 Å². The lowest BCUT2D eigenvalue weighted by Crippen LogP contribution is -2.66. The third kappa shape index (κ3) is 3.06. The predicted octanol–water partition coefficient (Wildman–Crippen LogP) is 1.53. The summed E-state index contributed by atoms with van der Waals surface area (Å²) in [6, 6.07) is 3.60. The van der Waals surface area contributed by atoms with Gasteiger partial charge in [-0.1, -0.05) is 6.58 Å². The first-order chi connectivity index (χ1) is 13.1. The summed E-state index contributed by atoms with van der Waals surface area (Å²) < 4.78 is 56.7. The van der Waals surface area contributed by atoms with Crippen molar-refractivity contribution >= 4 is 11.8 Å². The molecular weight excluding hydrogens is 383 g/mol. The summed E-state index contributed by atoms with van der Waals surface area (Å²) in [5.74, 6) is -4.77. The molecule has 1 aromatic rings. The van der Waals surface area contributed by atoms with E-state index in [4.69, 9.17) is 19.5 Å². The van der Waals surface area contributed by atoms with Gasteiger partial charge in [-0.15, -0.1) is 0 Å². The van der Waals surface area contributed by atoms with Crippen LogP contribution in [0, 0.1) is 17.2 Å². The van der Waals surface area contributed by atoms with Crippen LogP contribution in [0.4, 0.5) is 13.2 Å². The smallest absolute Gasteiger partial charge is 0.422 e. The summed E-state index contributed by atoms with van der Waals surface area (Å²) in [6.45, 7) is 3.26. The first kappa shape index (κ1) is 20.9. The quantitative estimate of drug-likeness (QED) is 0.777. The van der Waals surface area contributed by atoms with Crippen molar-refractivity contribution in [2.45, 2.75) is 11.7 Å². The molecule has 150 valence electrons. The van der Waals surface area contributed by atoms with Crippen LogP contribution in [0.15, 0.2) is 24.4 Å². The summed E-state index contributed by atoms with van der Waals surface area (Å²) in [5, 5.41) is 12.7. The highest BCUT2D eigenvalue weighted by atomic mass is 19.4. The Kier molecular flexibility index (Phi) is 5.45. The number of rotatable bonds is 5. The molecule has 2 N–H and O–H groups in total. The predicted molar refractivity (Wildman–Crippen MR) is 88.7 cm³/mol. The number of nitrogens with zero attached hydrogens (tertiary/aromatic N) is 1. The van der Waals surface area contributed by atoms with Gasteiger partial charge in [-0.3, -0.25) is 9.59 Å². The number of methoxy groups -OCH3 is 3. The number of ether oxygens (including phenoxy) is 3. The molecule has 0 bridgehead atoms. The Morgan fingerprint density at radius 2 is 1.79 bits per heavy atom. The average molecular weight is 399 g/mol. The van der Waals surface area contributed by atoms with Gasteiger partial charge in [-0.25, -0.2) is 0 Å². The van der Waals surface area contributed by atoms with E-state index in [1.807, 2.05) is 5.32 Å². The molecule has 2 rings (SSSR count). The summed E-state index contributed by atoms with van der Waals surface area (Å²) in [7, 11) is 3.83. The summed E-state index contributed by atoms with van der Waals surface area (Å²) in [4.78, 5) is 24.7. The third-order valence-corrected chi connectivity index (χ3v) is 4.23. The van der Waals surface area contributed by atoms with Gasteiger partial charge in [0.1, 0.15) is 5.92 Å². The fourth-order valence-corrected chi connectivity index (χ4v) is 2.84. The number of benzene rings is 1. The topological polar surface area (TPSA) is 110 Å². The molecule has 2 atom stereocenters. The minimum absolute atomic E-state index is 0.0187. The first-order valence-corrected chi connectivity index (χ1v) is 7.66. The minimum atomic E-state index is -5.27. The van der Waals surface area contributed by atoms with Gasteiger partial charge < -0.3 is 24.8 Å². The van der Waals surface area contributed by atoms with E-state index in [1.54, 1.807) is 5.32 Å². The number of carbonyl (C=O) groups excluding carboxylic acids is 2. The number of alkyl halides is 3. The molecule has 2 amide bonds. The van der Waals surface area contributed by atoms with Crippen molar-refractivity contribution in [3.8, 4) is 23.3 Å². The Labute approximate surface area is 157 Å². The molecule has 0 aromatic heterocycles. The lowest BCUT2D eigenvalue weighted by atomic mass is 9.84. The van der Waals surface area contributed by atoms with Crippen LogP contribution in [0.3, 0.4) is 0 Å². The maximum absolute atomic E-state index is 13.8. The molecule has 0 aliphatic carbocycles. The highest BCUT2D eigenvalue weighted by molar-refractivity contribution is 6.02. The highest BCUT2D eigenvalue weighted by Gasteiger charge is 2.70. The summed E-state index contributed by atoms with van der Waals surface area (Å²) >= 11 is 0. The van der Waals surface area contributed by atoms with Crippen molar-refractivity contribution in [1.29, 1.82) is 5.26 Å². The van der Waals surface area contributed by atoms with Crippen molar-refractivity contribution in [2.24, 2.45) is 5.92 Å². The lowest BCUT2D eigenvalue weighted by molar-refractivity contribution is -0.197. The van der Waals surface area contributed by atoms with Crippen molar-refractivity contribution in [3.63, 3.8) is 0 Å². The molecule has 1 aliphatic rings. The normalized spacial score (nSPS) is 21.5. The second-order valence-electron chi connectivity index (χ2n) is 5.72. The van der Waals surface area contributed by atoms with Gasteiger partial charge in [-0.2, -0.15) is 18.4 Å². The molecule has 11 heteroatoms. The second-order valence-corrected chi connectivity index (χ2v) is 5.72. The zero-order chi connectivity index (χ0) is 21.3. The van der Waals surface area contributed by atoms with Crippen molar-refractivity contribution in [1.82, 2.24) is 10.6 Å². The second kappa shape index (κ2) is 7.30. The van der Waals surface area contributed by atoms with Gasteiger partial charge in [0.05, 0.1) is 27.4 Å². The molecular formula is C17H16F3N3O5. The SMILES string of the molecule is C=C1NC(=O)[C@@](NC(=O)c2cc(OC)c(OC)c(OC)c2)(C(F)(F)F)[C@@H]1C#N. The van der Waals surface area contributed by atoms with Gasteiger partial charge >= 0.3 is 6.18 Å². The Bertz CT molecular complexity index is 853. The monoisotopic (exact) mass is 399 g/mol. The van der Waals surface area contributed by atoms with E-state index in [0.717, 1.165) is 12.1 Å². The zero-order valence-corrected chi connectivity index (χ0v) is 15.1. The van der Waals surface area contributed by atoms with Gasteiger partial charge in [-0.05, 0) is 12.1 Å².